The van der Waals surface area contributed by atoms with Crippen molar-refractivity contribution in [2.75, 3.05) is 11.9 Å². The van der Waals surface area contributed by atoms with Gasteiger partial charge in [0.25, 0.3) is 0 Å². The van der Waals surface area contributed by atoms with Gasteiger partial charge in [-0.2, -0.15) is 0 Å². The molecule has 2 aromatic rings. The van der Waals surface area contributed by atoms with Gasteiger partial charge >= 0.3 is 6.01 Å². The van der Waals surface area contributed by atoms with Gasteiger partial charge in [-0.15, -0.1) is 5.10 Å². The van der Waals surface area contributed by atoms with Crippen LogP contribution in [0.3, 0.4) is 0 Å². The van der Waals surface area contributed by atoms with Crippen LogP contribution in [0.2, 0.25) is 5.02 Å². The predicted octanol–water partition coefficient (Wildman–Crippen LogP) is 2.33. The quantitative estimate of drug-likeness (QED) is 0.878. The number of hydrogen-bond donors (Lipinski definition) is 2. The van der Waals surface area contributed by atoms with E-state index in [2.05, 4.69) is 27.6 Å². The molecule has 0 amide bonds. The van der Waals surface area contributed by atoms with Gasteiger partial charge in [-0.1, -0.05) is 28.8 Å². The van der Waals surface area contributed by atoms with E-state index in [1.165, 1.54) is 5.56 Å². The molecule has 1 aromatic heterocycles. The fourth-order valence-electron chi connectivity index (χ4n) is 2.17. The number of nitrogens with one attached hydrogen (secondary N) is 1. The summed E-state index contributed by atoms with van der Waals surface area (Å²) in [7, 11) is 0. The molecule has 6 heteroatoms. The summed E-state index contributed by atoms with van der Waals surface area (Å²) in [5, 5.41) is 11.7. The van der Waals surface area contributed by atoms with Crippen molar-refractivity contribution in [1.82, 2.24) is 10.2 Å². The third-order valence-corrected chi connectivity index (χ3v) is 3.78. The zero-order chi connectivity index (χ0) is 13.3. The predicted molar refractivity (Wildman–Crippen MR) is 73.0 cm³/mol. The van der Waals surface area contributed by atoms with Crippen LogP contribution in [0.4, 0.5) is 6.01 Å². The van der Waals surface area contributed by atoms with Crippen molar-refractivity contribution in [3.05, 3.63) is 40.7 Å². The average molecular weight is 279 g/mol. The Morgan fingerprint density at radius 3 is 2.58 bits per heavy atom. The molecule has 5 nitrogen and oxygen atoms in total. The number of aromatic nitrogens is 2. The zero-order valence-corrected chi connectivity index (χ0v) is 11.2. The lowest BCUT2D eigenvalue weighted by Gasteiger charge is -2.15. The molecule has 0 atom stereocenters. The number of rotatable bonds is 5. The summed E-state index contributed by atoms with van der Waals surface area (Å²) in [6.45, 7) is 1.04. The van der Waals surface area contributed by atoms with E-state index in [9.17, 15) is 0 Å². The van der Waals surface area contributed by atoms with Gasteiger partial charge in [0.2, 0.25) is 5.89 Å². The van der Waals surface area contributed by atoms with Crippen molar-refractivity contribution < 1.29 is 4.42 Å². The Morgan fingerprint density at radius 1 is 1.26 bits per heavy atom. The molecule has 0 bridgehead atoms. The minimum Gasteiger partial charge on any atom is -0.407 e. The van der Waals surface area contributed by atoms with Crippen LogP contribution < -0.4 is 11.1 Å². The molecule has 0 unspecified atom stereocenters. The molecule has 3 rings (SSSR count). The number of nitrogens with zero attached hydrogens (tertiary/aromatic N) is 2. The van der Waals surface area contributed by atoms with Crippen LogP contribution in [0.5, 0.6) is 0 Å². The van der Waals surface area contributed by atoms with Crippen LogP contribution in [0, 0.1) is 0 Å². The van der Waals surface area contributed by atoms with Gasteiger partial charge < -0.3 is 15.5 Å². The smallest absolute Gasteiger partial charge is 0.315 e. The largest absolute Gasteiger partial charge is 0.407 e. The molecular weight excluding hydrogens is 264 g/mol. The second kappa shape index (κ2) is 4.83. The van der Waals surface area contributed by atoms with E-state index in [1.807, 2.05) is 12.1 Å². The summed E-state index contributed by atoms with van der Waals surface area (Å²) < 4.78 is 5.33. The first kappa shape index (κ1) is 12.4. The number of anilines is 1. The summed E-state index contributed by atoms with van der Waals surface area (Å²) >= 11 is 5.91. The van der Waals surface area contributed by atoms with Gasteiger partial charge in [0.05, 0.1) is 6.54 Å². The molecule has 3 N–H and O–H groups in total. The molecule has 0 radical (unpaired) electrons. The Labute approximate surface area is 116 Å². The Hall–Kier alpha value is -1.59. The molecule has 1 heterocycles. The maximum Gasteiger partial charge on any atom is 0.315 e. The van der Waals surface area contributed by atoms with Crippen LogP contribution in [-0.2, 0) is 12.0 Å². The van der Waals surface area contributed by atoms with E-state index in [0.717, 1.165) is 24.4 Å². The van der Waals surface area contributed by atoms with E-state index in [0.29, 0.717) is 11.9 Å². The Balaban J connectivity index is 1.67. The fraction of sp³-hybridized carbons (Fsp3) is 0.385. The first-order chi connectivity index (χ1) is 9.22. The number of nitrogens with two attached hydrogens (primary N) is 1. The molecule has 19 heavy (non-hydrogen) atoms. The number of benzene rings is 1. The summed E-state index contributed by atoms with van der Waals surface area (Å²) in [6, 6.07) is 8.44. The molecule has 100 valence electrons. The van der Waals surface area contributed by atoms with Crippen LogP contribution in [0.15, 0.2) is 28.7 Å². The Kier molecular flexibility index (Phi) is 3.16. The van der Waals surface area contributed by atoms with Crippen molar-refractivity contribution >= 4 is 17.6 Å². The molecule has 0 aliphatic heterocycles. The monoisotopic (exact) mass is 278 g/mol. The highest BCUT2D eigenvalue weighted by molar-refractivity contribution is 6.30. The summed E-state index contributed by atoms with van der Waals surface area (Å²) in [5.41, 5.74) is 6.89. The highest BCUT2D eigenvalue weighted by atomic mass is 35.5. The van der Waals surface area contributed by atoms with E-state index in [4.69, 9.17) is 21.8 Å². The van der Waals surface area contributed by atoms with E-state index >= 15 is 0 Å². The lowest BCUT2D eigenvalue weighted by atomic mass is 9.96. The topological polar surface area (TPSA) is 77.0 Å². The average Bonchev–Trinajstić information content (AvgIpc) is 3.08. The molecule has 0 spiro atoms. The molecule has 1 aliphatic carbocycles. The van der Waals surface area contributed by atoms with Gasteiger partial charge in [-0.05, 0) is 30.5 Å². The van der Waals surface area contributed by atoms with Crippen molar-refractivity contribution in [3.8, 4) is 0 Å². The van der Waals surface area contributed by atoms with Crippen molar-refractivity contribution in [1.29, 1.82) is 0 Å². The maximum absolute atomic E-state index is 5.91. The highest BCUT2D eigenvalue weighted by Crippen LogP contribution is 2.48. The van der Waals surface area contributed by atoms with Crippen LogP contribution in [0.25, 0.3) is 0 Å². The maximum atomic E-state index is 5.91. The minimum absolute atomic E-state index is 0.169. The van der Waals surface area contributed by atoms with Gasteiger partial charge in [-0.25, -0.2) is 0 Å². The molecule has 1 saturated carbocycles. The third-order valence-electron chi connectivity index (χ3n) is 3.53. The van der Waals surface area contributed by atoms with E-state index in [-0.39, 0.29) is 12.0 Å². The van der Waals surface area contributed by atoms with E-state index in [1.54, 1.807) is 0 Å². The second-order valence-electron chi connectivity index (χ2n) is 4.85. The lowest BCUT2D eigenvalue weighted by molar-refractivity contribution is 0.504. The van der Waals surface area contributed by atoms with Gasteiger partial charge in [-0.3, -0.25) is 0 Å². The van der Waals surface area contributed by atoms with Crippen molar-refractivity contribution in [3.63, 3.8) is 0 Å². The standard InChI is InChI=1S/C13H15ClN4O/c14-10-3-1-9(2-4-10)13(5-6-13)8-16-12-18-17-11(7-15)19-12/h1-4H,5-8,15H2,(H,16,18). The van der Waals surface area contributed by atoms with Gasteiger partial charge in [0.15, 0.2) is 0 Å². The normalized spacial score (nSPS) is 16.3. The highest BCUT2D eigenvalue weighted by Gasteiger charge is 2.44. The van der Waals surface area contributed by atoms with Gasteiger partial charge in [0, 0.05) is 17.0 Å². The molecule has 0 saturated heterocycles. The Morgan fingerprint density at radius 2 is 2.00 bits per heavy atom. The van der Waals surface area contributed by atoms with Crippen LogP contribution >= 0.6 is 11.6 Å². The minimum atomic E-state index is 0.169. The summed E-state index contributed by atoms with van der Waals surface area (Å²) in [5.74, 6) is 0.443. The molecule has 1 aromatic carbocycles. The van der Waals surface area contributed by atoms with Gasteiger partial charge in [0.1, 0.15) is 0 Å². The SMILES string of the molecule is NCc1nnc(NCC2(c3ccc(Cl)cc3)CC2)o1. The fourth-order valence-corrected chi connectivity index (χ4v) is 2.30. The number of halogens is 1. The molecule has 1 aliphatic rings. The summed E-state index contributed by atoms with van der Waals surface area (Å²) in [6.07, 6.45) is 2.30. The molecular formula is C13H15ClN4O. The van der Waals surface area contributed by atoms with Crippen molar-refractivity contribution in [2.45, 2.75) is 24.8 Å². The molecule has 1 fully saturated rings. The van der Waals surface area contributed by atoms with Crippen molar-refractivity contribution in [2.24, 2.45) is 5.73 Å². The van der Waals surface area contributed by atoms with Crippen LogP contribution in [0.1, 0.15) is 24.3 Å². The number of hydrogen-bond acceptors (Lipinski definition) is 5. The zero-order valence-electron chi connectivity index (χ0n) is 10.4. The Bertz CT molecular complexity index is 562. The van der Waals surface area contributed by atoms with E-state index < -0.39 is 0 Å². The second-order valence-corrected chi connectivity index (χ2v) is 5.28. The van der Waals surface area contributed by atoms with Crippen LogP contribution in [-0.4, -0.2) is 16.7 Å². The first-order valence-electron chi connectivity index (χ1n) is 6.24. The third kappa shape index (κ3) is 2.57. The summed E-state index contributed by atoms with van der Waals surface area (Å²) in [4.78, 5) is 0. The lowest BCUT2D eigenvalue weighted by Crippen LogP contribution is -2.19. The first-order valence-corrected chi connectivity index (χ1v) is 6.62.